The molecule has 1 heterocycles. The molecule has 2 aromatic rings. The molecule has 1 amide bonds. The fraction of sp³-hybridized carbons (Fsp3) is 0.200. The van der Waals surface area contributed by atoms with Crippen LogP contribution < -0.4 is 4.90 Å². The van der Waals surface area contributed by atoms with Crippen LogP contribution in [-0.4, -0.2) is 32.5 Å². The van der Waals surface area contributed by atoms with Gasteiger partial charge in [0.25, 0.3) is 5.91 Å². The lowest BCUT2D eigenvalue weighted by Crippen LogP contribution is -2.30. The first-order valence-electron chi connectivity index (χ1n) is 6.09. The highest BCUT2D eigenvalue weighted by Crippen LogP contribution is 2.37. The maximum absolute atomic E-state index is 12.4. The normalized spacial score (nSPS) is 13.3. The van der Waals surface area contributed by atoms with Crippen LogP contribution in [0.5, 0.6) is 0 Å². The summed E-state index contributed by atoms with van der Waals surface area (Å²) in [6.07, 6.45) is 0.805. The van der Waals surface area contributed by atoms with Crippen molar-refractivity contribution < 1.29 is 14.3 Å². The van der Waals surface area contributed by atoms with E-state index in [9.17, 15) is 9.59 Å². The van der Waals surface area contributed by atoms with Gasteiger partial charge in [0.05, 0.1) is 12.3 Å². The van der Waals surface area contributed by atoms with E-state index in [-0.39, 0.29) is 5.91 Å². The summed E-state index contributed by atoms with van der Waals surface area (Å²) < 4.78 is 5.04. The number of methoxy groups -OCH3 is 1. The maximum atomic E-state index is 12.4. The van der Waals surface area contributed by atoms with E-state index in [0.717, 1.165) is 22.7 Å². The van der Waals surface area contributed by atoms with Gasteiger partial charge in [0.2, 0.25) is 0 Å². The fourth-order valence-corrected chi connectivity index (χ4v) is 2.55. The van der Waals surface area contributed by atoms with Crippen LogP contribution in [0.15, 0.2) is 30.3 Å². The van der Waals surface area contributed by atoms with Crippen LogP contribution in [0.4, 0.5) is 5.69 Å². The average Bonchev–Trinajstić information content (AvgIpc) is 2.71. The number of aldehydes is 1. The van der Waals surface area contributed by atoms with Crippen LogP contribution in [0.25, 0.3) is 10.8 Å². The third-order valence-electron chi connectivity index (χ3n) is 3.40. The van der Waals surface area contributed by atoms with Crippen molar-refractivity contribution in [2.45, 2.75) is 0 Å². The molecule has 4 heteroatoms. The quantitative estimate of drug-likeness (QED) is 0.787. The number of carbonyl (C=O) groups excluding carboxylic acids is 2. The van der Waals surface area contributed by atoms with Gasteiger partial charge in [-0.1, -0.05) is 12.1 Å². The number of nitrogens with zero attached hydrogens (tertiary/aromatic N) is 1. The Kier molecular flexibility index (Phi) is 2.80. The first-order chi connectivity index (χ1) is 9.26. The summed E-state index contributed by atoms with van der Waals surface area (Å²) in [7, 11) is 1.60. The van der Waals surface area contributed by atoms with E-state index in [4.69, 9.17) is 4.74 Å². The Labute approximate surface area is 110 Å². The molecule has 19 heavy (non-hydrogen) atoms. The number of ether oxygens (including phenoxy) is 1. The molecule has 0 atom stereocenters. The van der Waals surface area contributed by atoms with Crippen LogP contribution in [0.1, 0.15) is 20.7 Å². The van der Waals surface area contributed by atoms with Crippen molar-refractivity contribution in [1.29, 1.82) is 0 Å². The van der Waals surface area contributed by atoms with Crippen LogP contribution >= 0.6 is 0 Å². The second-order valence-corrected chi connectivity index (χ2v) is 4.51. The van der Waals surface area contributed by atoms with Gasteiger partial charge in [-0.15, -0.1) is 0 Å². The molecule has 0 bridgehead atoms. The summed E-state index contributed by atoms with van der Waals surface area (Å²) in [5.74, 6) is -0.0271. The first-order valence-corrected chi connectivity index (χ1v) is 6.09. The number of benzene rings is 2. The summed E-state index contributed by atoms with van der Waals surface area (Å²) in [6, 6.07) is 9.15. The monoisotopic (exact) mass is 255 g/mol. The smallest absolute Gasteiger partial charge is 0.259 e. The molecule has 0 saturated carbocycles. The van der Waals surface area contributed by atoms with Gasteiger partial charge in [-0.2, -0.15) is 0 Å². The zero-order chi connectivity index (χ0) is 13.4. The van der Waals surface area contributed by atoms with E-state index in [1.54, 1.807) is 18.1 Å². The molecule has 2 aromatic carbocycles. The van der Waals surface area contributed by atoms with Gasteiger partial charge in [-0.3, -0.25) is 9.59 Å². The van der Waals surface area contributed by atoms with Crippen LogP contribution in [-0.2, 0) is 4.74 Å². The summed E-state index contributed by atoms with van der Waals surface area (Å²) in [6.45, 7) is 0.952. The minimum atomic E-state index is -0.0271. The molecule has 0 spiro atoms. The third-order valence-corrected chi connectivity index (χ3v) is 3.40. The SMILES string of the molecule is COCCN1C(=O)c2cccc3cc(C=O)cc1c23. The van der Waals surface area contributed by atoms with E-state index in [2.05, 4.69) is 0 Å². The zero-order valence-electron chi connectivity index (χ0n) is 10.6. The Hall–Kier alpha value is -2.20. The number of hydrogen-bond acceptors (Lipinski definition) is 3. The Morgan fingerprint density at radius 1 is 1.32 bits per heavy atom. The second-order valence-electron chi connectivity index (χ2n) is 4.51. The van der Waals surface area contributed by atoms with Crippen molar-refractivity contribution in [2.24, 2.45) is 0 Å². The summed E-state index contributed by atoms with van der Waals surface area (Å²) in [5, 5.41) is 1.85. The molecule has 96 valence electrons. The molecule has 1 aliphatic rings. The van der Waals surface area contributed by atoms with Crippen molar-refractivity contribution in [1.82, 2.24) is 0 Å². The third kappa shape index (κ3) is 1.72. The average molecular weight is 255 g/mol. The molecule has 1 aliphatic heterocycles. The predicted molar refractivity (Wildman–Crippen MR) is 72.9 cm³/mol. The highest BCUT2D eigenvalue weighted by Gasteiger charge is 2.29. The number of hydrogen-bond donors (Lipinski definition) is 0. The van der Waals surface area contributed by atoms with Gasteiger partial charge in [0.1, 0.15) is 6.29 Å². The molecular weight excluding hydrogens is 242 g/mol. The van der Waals surface area contributed by atoms with Gasteiger partial charge in [0, 0.05) is 30.2 Å². The lowest BCUT2D eigenvalue weighted by Gasteiger charge is -2.17. The molecule has 0 N–H and O–H groups in total. The Morgan fingerprint density at radius 3 is 2.89 bits per heavy atom. The molecular formula is C15H13NO3. The van der Waals surface area contributed by atoms with Crippen molar-refractivity contribution in [2.75, 3.05) is 25.2 Å². The number of rotatable bonds is 4. The van der Waals surface area contributed by atoms with Crippen molar-refractivity contribution >= 4 is 28.7 Å². The molecule has 0 aromatic heterocycles. The van der Waals surface area contributed by atoms with Crippen LogP contribution in [0, 0.1) is 0 Å². The molecule has 3 rings (SSSR count). The highest BCUT2D eigenvalue weighted by molar-refractivity contribution is 6.25. The van der Waals surface area contributed by atoms with Gasteiger partial charge >= 0.3 is 0 Å². The van der Waals surface area contributed by atoms with Gasteiger partial charge in [-0.25, -0.2) is 0 Å². The summed E-state index contributed by atoms with van der Waals surface area (Å²) in [5.41, 5.74) is 2.08. The lowest BCUT2D eigenvalue weighted by molar-refractivity contribution is 0.0982. The highest BCUT2D eigenvalue weighted by atomic mass is 16.5. The topological polar surface area (TPSA) is 46.6 Å². The van der Waals surface area contributed by atoms with Gasteiger partial charge < -0.3 is 9.64 Å². The second kappa shape index (κ2) is 4.48. The van der Waals surface area contributed by atoms with E-state index < -0.39 is 0 Å². The van der Waals surface area contributed by atoms with Gasteiger partial charge in [0.15, 0.2) is 0 Å². The largest absolute Gasteiger partial charge is 0.383 e. The van der Waals surface area contributed by atoms with E-state index >= 15 is 0 Å². The molecule has 0 saturated heterocycles. The van der Waals surface area contributed by atoms with E-state index in [0.29, 0.717) is 24.3 Å². The molecule has 0 aliphatic carbocycles. The number of carbonyl (C=O) groups is 2. The standard InChI is InChI=1S/C15H13NO3/c1-19-6-5-16-13-8-10(9-17)7-11-3-2-4-12(14(11)13)15(16)18/h2-4,7-9H,5-6H2,1H3. The lowest BCUT2D eigenvalue weighted by atomic mass is 10.0. The molecule has 0 unspecified atom stereocenters. The fourth-order valence-electron chi connectivity index (χ4n) is 2.55. The van der Waals surface area contributed by atoms with Crippen LogP contribution in [0.2, 0.25) is 0 Å². The van der Waals surface area contributed by atoms with Gasteiger partial charge in [-0.05, 0) is 23.6 Å². The summed E-state index contributed by atoms with van der Waals surface area (Å²) in [4.78, 5) is 25.0. The minimum absolute atomic E-state index is 0.0271. The predicted octanol–water partition coefficient (Wildman–Crippen LogP) is 2.26. The number of anilines is 1. The Morgan fingerprint density at radius 2 is 2.16 bits per heavy atom. The van der Waals surface area contributed by atoms with Crippen molar-refractivity contribution in [3.63, 3.8) is 0 Å². The minimum Gasteiger partial charge on any atom is -0.383 e. The molecule has 0 radical (unpaired) electrons. The molecule has 0 fully saturated rings. The van der Waals surface area contributed by atoms with Crippen LogP contribution in [0.3, 0.4) is 0 Å². The number of amides is 1. The van der Waals surface area contributed by atoms with Crippen molar-refractivity contribution in [3.8, 4) is 0 Å². The molecule has 4 nitrogen and oxygen atoms in total. The zero-order valence-corrected chi connectivity index (χ0v) is 10.6. The Bertz CT molecular complexity index is 678. The van der Waals surface area contributed by atoms with E-state index in [1.165, 1.54) is 0 Å². The maximum Gasteiger partial charge on any atom is 0.259 e. The summed E-state index contributed by atoms with van der Waals surface area (Å²) >= 11 is 0. The van der Waals surface area contributed by atoms with E-state index in [1.807, 2.05) is 24.3 Å². The first kappa shape index (κ1) is 11.9. The van der Waals surface area contributed by atoms with Crippen molar-refractivity contribution in [3.05, 3.63) is 41.5 Å². The Balaban J connectivity index is 2.22.